The van der Waals surface area contributed by atoms with Crippen molar-refractivity contribution in [1.82, 2.24) is 19.7 Å². The van der Waals surface area contributed by atoms with Gasteiger partial charge in [0, 0.05) is 25.4 Å². The third-order valence-electron chi connectivity index (χ3n) is 2.33. The number of anilines is 1. The van der Waals surface area contributed by atoms with Crippen LogP contribution in [0.15, 0.2) is 18.6 Å². The molecule has 2 aromatic heterocycles. The molecule has 2 aromatic rings. The molecular weight excluding hydrogens is 221 g/mol. The van der Waals surface area contributed by atoms with Gasteiger partial charge in [0.05, 0.1) is 12.4 Å². The molecule has 90 valence electrons. The van der Waals surface area contributed by atoms with Crippen molar-refractivity contribution in [2.24, 2.45) is 0 Å². The number of hydrogen-bond donors (Lipinski definition) is 1. The second-order valence-corrected chi connectivity index (χ2v) is 3.63. The highest BCUT2D eigenvalue weighted by atomic mass is 19.1. The molecule has 0 aliphatic heterocycles. The van der Waals surface area contributed by atoms with Crippen LogP contribution in [0.4, 0.5) is 10.3 Å². The fourth-order valence-electron chi connectivity index (χ4n) is 1.53. The van der Waals surface area contributed by atoms with E-state index in [9.17, 15) is 4.39 Å². The van der Waals surface area contributed by atoms with Crippen LogP contribution in [0.5, 0.6) is 0 Å². The Morgan fingerprint density at radius 2 is 2.24 bits per heavy atom. The first-order valence-electron chi connectivity index (χ1n) is 5.47. The highest BCUT2D eigenvalue weighted by molar-refractivity contribution is 5.58. The fraction of sp³-hybridized carbons (Fsp3) is 0.364. The Bertz CT molecular complexity index is 508. The van der Waals surface area contributed by atoms with Crippen molar-refractivity contribution >= 4 is 5.95 Å². The van der Waals surface area contributed by atoms with Gasteiger partial charge in [-0.25, -0.2) is 14.4 Å². The second-order valence-electron chi connectivity index (χ2n) is 3.63. The molecule has 0 unspecified atom stereocenters. The molecule has 6 heteroatoms. The van der Waals surface area contributed by atoms with Gasteiger partial charge in [0.1, 0.15) is 5.69 Å². The number of nitrogens with zero attached hydrogens (tertiary/aromatic N) is 4. The number of rotatable bonds is 4. The minimum atomic E-state index is -0.444. The minimum Gasteiger partial charge on any atom is -0.357 e. The Kier molecular flexibility index (Phi) is 3.32. The Morgan fingerprint density at radius 1 is 1.41 bits per heavy atom. The summed E-state index contributed by atoms with van der Waals surface area (Å²) < 4.78 is 15.4. The van der Waals surface area contributed by atoms with Gasteiger partial charge in [-0.15, -0.1) is 0 Å². The molecule has 1 N–H and O–H groups in total. The van der Waals surface area contributed by atoms with Gasteiger partial charge in [-0.2, -0.15) is 5.10 Å². The lowest BCUT2D eigenvalue weighted by molar-refractivity contribution is 0.602. The number of hydrogen-bond acceptors (Lipinski definition) is 4. The van der Waals surface area contributed by atoms with Crippen LogP contribution in [0.2, 0.25) is 0 Å². The van der Waals surface area contributed by atoms with Crippen LogP contribution in [-0.2, 0) is 6.54 Å². The first-order valence-corrected chi connectivity index (χ1v) is 5.47. The molecule has 0 spiro atoms. The largest absolute Gasteiger partial charge is 0.357 e. The van der Waals surface area contributed by atoms with E-state index in [1.54, 1.807) is 24.1 Å². The molecular formula is C11H14FN5. The van der Waals surface area contributed by atoms with Crippen molar-refractivity contribution in [1.29, 1.82) is 0 Å². The van der Waals surface area contributed by atoms with Crippen LogP contribution in [0.25, 0.3) is 11.3 Å². The predicted octanol–water partition coefficient (Wildman–Crippen LogP) is 1.93. The van der Waals surface area contributed by atoms with E-state index in [0.717, 1.165) is 19.2 Å². The lowest BCUT2D eigenvalue weighted by Crippen LogP contribution is -1.99. The normalized spacial score (nSPS) is 10.5. The molecule has 0 aromatic carbocycles. The van der Waals surface area contributed by atoms with Crippen LogP contribution < -0.4 is 5.32 Å². The average Bonchev–Trinajstić information content (AvgIpc) is 2.79. The van der Waals surface area contributed by atoms with Gasteiger partial charge >= 0.3 is 0 Å². The molecule has 0 saturated carbocycles. The van der Waals surface area contributed by atoms with Gasteiger partial charge in [0.2, 0.25) is 5.95 Å². The van der Waals surface area contributed by atoms with E-state index in [0.29, 0.717) is 11.5 Å². The Hall–Kier alpha value is -1.98. The molecule has 2 heterocycles. The van der Waals surface area contributed by atoms with Gasteiger partial charge in [0.15, 0.2) is 5.82 Å². The zero-order valence-electron chi connectivity index (χ0n) is 9.81. The summed E-state index contributed by atoms with van der Waals surface area (Å²) in [5.74, 6) is -0.0512. The van der Waals surface area contributed by atoms with Gasteiger partial charge in [0.25, 0.3) is 0 Å². The fourth-order valence-corrected chi connectivity index (χ4v) is 1.53. The monoisotopic (exact) mass is 235 g/mol. The van der Waals surface area contributed by atoms with Crippen LogP contribution in [0.1, 0.15) is 13.3 Å². The van der Waals surface area contributed by atoms with E-state index in [-0.39, 0.29) is 5.69 Å². The highest BCUT2D eigenvalue weighted by Gasteiger charge is 2.10. The lowest BCUT2D eigenvalue weighted by Gasteiger charge is -2.02. The molecule has 0 radical (unpaired) electrons. The molecule has 0 saturated heterocycles. The number of nitrogens with one attached hydrogen (secondary N) is 1. The van der Waals surface area contributed by atoms with Crippen LogP contribution in [0, 0.1) is 5.82 Å². The third-order valence-corrected chi connectivity index (χ3v) is 2.33. The summed E-state index contributed by atoms with van der Waals surface area (Å²) in [5, 5.41) is 6.93. The maximum absolute atomic E-state index is 13.6. The number of aryl methyl sites for hydroxylation is 1. The van der Waals surface area contributed by atoms with Crippen molar-refractivity contribution in [3.63, 3.8) is 0 Å². The summed E-state index contributed by atoms with van der Waals surface area (Å²) in [6, 6.07) is 0. The Labute approximate surface area is 98.7 Å². The van der Waals surface area contributed by atoms with Crippen molar-refractivity contribution < 1.29 is 4.39 Å². The number of aromatic nitrogens is 4. The Morgan fingerprint density at radius 3 is 2.94 bits per heavy atom. The second kappa shape index (κ2) is 4.90. The van der Waals surface area contributed by atoms with Crippen molar-refractivity contribution in [2.45, 2.75) is 19.9 Å². The zero-order valence-corrected chi connectivity index (χ0v) is 9.81. The molecule has 0 aliphatic carbocycles. The van der Waals surface area contributed by atoms with Crippen molar-refractivity contribution in [2.75, 3.05) is 12.4 Å². The first-order chi connectivity index (χ1) is 8.24. The first kappa shape index (κ1) is 11.5. The van der Waals surface area contributed by atoms with E-state index in [2.05, 4.69) is 27.3 Å². The predicted molar refractivity (Wildman–Crippen MR) is 63.0 cm³/mol. The topological polar surface area (TPSA) is 55.6 Å². The molecule has 0 amide bonds. The van der Waals surface area contributed by atoms with Crippen LogP contribution in [0.3, 0.4) is 0 Å². The van der Waals surface area contributed by atoms with E-state index in [1.807, 2.05) is 0 Å². The van der Waals surface area contributed by atoms with E-state index >= 15 is 0 Å². The molecule has 0 bridgehead atoms. The maximum atomic E-state index is 13.6. The standard InChI is InChI=1S/C11H14FN5/c1-3-4-17-7-8(5-15-17)10-9(12)6-14-11(13-2)16-10/h5-7H,3-4H2,1-2H3,(H,13,14,16). The molecule has 0 fully saturated rings. The highest BCUT2D eigenvalue weighted by Crippen LogP contribution is 2.20. The summed E-state index contributed by atoms with van der Waals surface area (Å²) >= 11 is 0. The summed E-state index contributed by atoms with van der Waals surface area (Å²) in [5.41, 5.74) is 0.932. The third kappa shape index (κ3) is 2.41. The molecule has 5 nitrogen and oxygen atoms in total. The summed E-state index contributed by atoms with van der Waals surface area (Å²) in [6.07, 6.45) is 5.54. The molecule has 0 aliphatic rings. The van der Waals surface area contributed by atoms with Crippen molar-refractivity contribution in [3.05, 3.63) is 24.4 Å². The average molecular weight is 235 g/mol. The maximum Gasteiger partial charge on any atom is 0.223 e. The van der Waals surface area contributed by atoms with E-state index in [4.69, 9.17) is 0 Å². The number of halogens is 1. The van der Waals surface area contributed by atoms with Gasteiger partial charge in [-0.3, -0.25) is 4.68 Å². The molecule has 17 heavy (non-hydrogen) atoms. The smallest absolute Gasteiger partial charge is 0.223 e. The lowest BCUT2D eigenvalue weighted by atomic mass is 10.2. The molecule has 2 rings (SSSR count). The van der Waals surface area contributed by atoms with Gasteiger partial charge < -0.3 is 5.32 Å². The van der Waals surface area contributed by atoms with Crippen LogP contribution in [-0.4, -0.2) is 26.8 Å². The summed E-state index contributed by atoms with van der Waals surface area (Å²) in [4.78, 5) is 7.89. The zero-order chi connectivity index (χ0) is 12.3. The Balaban J connectivity index is 2.37. The minimum absolute atomic E-state index is 0.270. The van der Waals surface area contributed by atoms with Gasteiger partial charge in [-0.1, -0.05) is 6.92 Å². The SMILES string of the molecule is CCCn1cc(-c2nc(NC)ncc2F)cn1. The quantitative estimate of drug-likeness (QED) is 0.879. The van der Waals surface area contributed by atoms with Crippen molar-refractivity contribution in [3.8, 4) is 11.3 Å². The summed E-state index contributed by atoms with van der Waals surface area (Å²) in [7, 11) is 1.69. The molecule has 0 atom stereocenters. The van der Waals surface area contributed by atoms with Crippen LogP contribution >= 0.6 is 0 Å². The van der Waals surface area contributed by atoms with E-state index in [1.165, 1.54) is 0 Å². The van der Waals surface area contributed by atoms with Gasteiger partial charge in [-0.05, 0) is 6.42 Å². The summed E-state index contributed by atoms with van der Waals surface area (Å²) in [6.45, 7) is 2.87. The van der Waals surface area contributed by atoms with E-state index < -0.39 is 5.82 Å².